The molecule has 0 aromatic carbocycles. The predicted molar refractivity (Wildman–Crippen MR) is 43.3 cm³/mol. The molecule has 1 rings (SSSR count). The zero-order valence-electron chi connectivity index (χ0n) is 6.49. The second kappa shape index (κ2) is 3.22. The number of rotatable bonds is 3. The molecule has 0 heterocycles. The Bertz CT molecular complexity index is 284. The molecule has 0 N–H and O–H groups in total. The first-order valence-corrected chi connectivity index (χ1v) is 5.92. The minimum Gasteiger partial charge on any atom is -0.469 e. The molecule has 0 aliphatic heterocycles. The average molecular weight is 213 g/mol. The van der Waals surface area contributed by atoms with Crippen LogP contribution in [0, 0.1) is 11.8 Å². The maximum Gasteiger partial charge on any atom is 0.308 e. The van der Waals surface area contributed by atoms with E-state index in [1.807, 2.05) is 0 Å². The number of carbonyl (C=O) groups is 1. The van der Waals surface area contributed by atoms with E-state index >= 15 is 0 Å². The lowest BCUT2D eigenvalue weighted by atomic mass is 10.3. The molecular formula is C6H9ClO4S. The molecule has 1 aliphatic rings. The standard InChI is InChI=1S/C6H9ClO4S/c1-11-6(8)5-2-4(5)3-12(7,9)10/h4-5H,2-3H2,1H3. The second-order valence-corrected chi connectivity index (χ2v) is 5.65. The van der Waals surface area contributed by atoms with Crippen LogP contribution in [0.2, 0.25) is 0 Å². The van der Waals surface area contributed by atoms with Gasteiger partial charge in [0.05, 0.1) is 18.8 Å². The van der Waals surface area contributed by atoms with Crippen LogP contribution in [0.5, 0.6) is 0 Å². The summed E-state index contributed by atoms with van der Waals surface area (Å²) in [5.41, 5.74) is 0. The smallest absolute Gasteiger partial charge is 0.308 e. The van der Waals surface area contributed by atoms with Crippen molar-refractivity contribution < 1.29 is 17.9 Å². The Kier molecular flexibility index (Phi) is 2.63. The van der Waals surface area contributed by atoms with Gasteiger partial charge in [-0.25, -0.2) is 8.42 Å². The van der Waals surface area contributed by atoms with E-state index in [2.05, 4.69) is 4.74 Å². The first kappa shape index (κ1) is 9.80. The van der Waals surface area contributed by atoms with Crippen molar-refractivity contribution in [1.82, 2.24) is 0 Å². The summed E-state index contributed by atoms with van der Waals surface area (Å²) in [6, 6.07) is 0. The number of esters is 1. The highest BCUT2D eigenvalue weighted by Gasteiger charge is 2.45. The molecule has 0 aromatic heterocycles. The molecule has 0 radical (unpaired) electrons. The van der Waals surface area contributed by atoms with Crippen LogP contribution in [0.15, 0.2) is 0 Å². The lowest BCUT2D eigenvalue weighted by molar-refractivity contribution is -0.142. The van der Waals surface area contributed by atoms with Gasteiger partial charge < -0.3 is 4.74 Å². The van der Waals surface area contributed by atoms with Crippen LogP contribution in [0.25, 0.3) is 0 Å². The van der Waals surface area contributed by atoms with E-state index in [9.17, 15) is 13.2 Å². The third-order valence-electron chi connectivity index (χ3n) is 1.84. The van der Waals surface area contributed by atoms with E-state index in [1.165, 1.54) is 7.11 Å². The average Bonchev–Trinajstić information content (AvgIpc) is 2.62. The quantitative estimate of drug-likeness (QED) is 0.501. The summed E-state index contributed by atoms with van der Waals surface area (Å²) in [5.74, 6) is -0.877. The third kappa shape index (κ3) is 2.64. The van der Waals surface area contributed by atoms with Gasteiger partial charge in [-0.2, -0.15) is 0 Å². The molecule has 2 unspecified atom stereocenters. The minimum absolute atomic E-state index is 0.131. The molecule has 6 heteroatoms. The number of hydrogen-bond acceptors (Lipinski definition) is 4. The van der Waals surface area contributed by atoms with Crippen LogP contribution in [0.1, 0.15) is 6.42 Å². The number of methoxy groups -OCH3 is 1. The highest BCUT2D eigenvalue weighted by molar-refractivity contribution is 8.13. The fourth-order valence-electron chi connectivity index (χ4n) is 1.13. The molecule has 70 valence electrons. The molecule has 2 atom stereocenters. The number of carbonyl (C=O) groups excluding carboxylic acids is 1. The normalized spacial score (nSPS) is 28.2. The summed E-state index contributed by atoms with van der Waals surface area (Å²) in [4.78, 5) is 10.8. The van der Waals surface area contributed by atoms with Gasteiger partial charge in [0.1, 0.15) is 0 Å². The van der Waals surface area contributed by atoms with Gasteiger partial charge in [-0.15, -0.1) is 0 Å². The summed E-state index contributed by atoms with van der Waals surface area (Å²) in [5, 5.41) is 0. The first-order valence-electron chi connectivity index (χ1n) is 3.44. The molecule has 1 saturated carbocycles. The van der Waals surface area contributed by atoms with Crippen LogP contribution in [-0.4, -0.2) is 27.2 Å². The summed E-state index contributed by atoms with van der Waals surface area (Å²) in [7, 11) is 2.81. The van der Waals surface area contributed by atoms with Crippen molar-refractivity contribution in [2.45, 2.75) is 6.42 Å². The molecule has 0 amide bonds. The van der Waals surface area contributed by atoms with Crippen molar-refractivity contribution in [1.29, 1.82) is 0 Å². The third-order valence-corrected chi connectivity index (χ3v) is 3.04. The van der Waals surface area contributed by atoms with Crippen molar-refractivity contribution >= 4 is 25.7 Å². The summed E-state index contributed by atoms with van der Waals surface area (Å²) >= 11 is 0. The van der Waals surface area contributed by atoms with E-state index in [1.54, 1.807) is 0 Å². The molecule has 1 fully saturated rings. The zero-order valence-corrected chi connectivity index (χ0v) is 8.06. The van der Waals surface area contributed by atoms with Gasteiger partial charge >= 0.3 is 5.97 Å². The highest BCUT2D eigenvalue weighted by atomic mass is 35.7. The maximum atomic E-state index is 10.8. The summed E-state index contributed by atoms with van der Waals surface area (Å²) < 4.78 is 25.5. The van der Waals surface area contributed by atoms with E-state index in [0.717, 1.165) is 0 Å². The Balaban J connectivity index is 2.39. The Labute approximate surface area is 75.3 Å². The predicted octanol–water partition coefficient (Wildman–Crippen LogP) is 0.364. The van der Waals surface area contributed by atoms with Crippen molar-refractivity contribution in [2.24, 2.45) is 11.8 Å². The van der Waals surface area contributed by atoms with Crippen LogP contribution < -0.4 is 0 Å². The topological polar surface area (TPSA) is 60.4 Å². The van der Waals surface area contributed by atoms with Crippen molar-refractivity contribution in [3.8, 4) is 0 Å². The minimum atomic E-state index is -3.47. The second-order valence-electron chi connectivity index (χ2n) is 2.83. The number of hydrogen-bond donors (Lipinski definition) is 0. The Morgan fingerprint density at radius 3 is 2.67 bits per heavy atom. The van der Waals surface area contributed by atoms with Gasteiger partial charge in [0, 0.05) is 10.7 Å². The van der Waals surface area contributed by atoms with Gasteiger partial charge in [0.15, 0.2) is 0 Å². The Morgan fingerprint density at radius 2 is 2.25 bits per heavy atom. The van der Waals surface area contributed by atoms with Crippen LogP contribution in [-0.2, 0) is 18.6 Å². The highest BCUT2D eigenvalue weighted by Crippen LogP contribution is 2.40. The largest absolute Gasteiger partial charge is 0.469 e. The molecule has 0 spiro atoms. The van der Waals surface area contributed by atoms with E-state index in [0.29, 0.717) is 6.42 Å². The fraction of sp³-hybridized carbons (Fsp3) is 0.833. The van der Waals surface area contributed by atoms with E-state index in [4.69, 9.17) is 10.7 Å². The molecular weight excluding hydrogens is 204 g/mol. The monoisotopic (exact) mass is 212 g/mol. The summed E-state index contributed by atoms with van der Waals surface area (Å²) in [6.45, 7) is 0. The number of halogens is 1. The lowest BCUT2D eigenvalue weighted by Crippen LogP contribution is -2.08. The van der Waals surface area contributed by atoms with Gasteiger partial charge in [0.2, 0.25) is 9.05 Å². The molecule has 0 bridgehead atoms. The lowest BCUT2D eigenvalue weighted by Gasteiger charge is -1.95. The van der Waals surface area contributed by atoms with Crippen molar-refractivity contribution in [2.75, 3.05) is 12.9 Å². The fourth-order valence-corrected chi connectivity index (χ4v) is 2.49. The number of ether oxygens (including phenoxy) is 1. The van der Waals surface area contributed by atoms with Gasteiger partial charge in [-0.1, -0.05) is 0 Å². The van der Waals surface area contributed by atoms with Crippen molar-refractivity contribution in [3.05, 3.63) is 0 Å². The van der Waals surface area contributed by atoms with Gasteiger partial charge in [0.25, 0.3) is 0 Å². The molecule has 12 heavy (non-hydrogen) atoms. The van der Waals surface area contributed by atoms with E-state index < -0.39 is 9.05 Å². The SMILES string of the molecule is COC(=O)C1CC1CS(=O)(=O)Cl. The Hall–Kier alpha value is -0.290. The van der Waals surface area contributed by atoms with Gasteiger partial charge in [-0.05, 0) is 12.3 Å². The first-order chi connectivity index (χ1) is 5.44. The van der Waals surface area contributed by atoms with E-state index in [-0.39, 0.29) is 23.6 Å². The zero-order chi connectivity index (χ0) is 9.35. The van der Waals surface area contributed by atoms with Crippen LogP contribution >= 0.6 is 10.7 Å². The molecule has 0 aromatic rings. The van der Waals surface area contributed by atoms with Crippen LogP contribution in [0.4, 0.5) is 0 Å². The van der Waals surface area contributed by atoms with Crippen molar-refractivity contribution in [3.63, 3.8) is 0 Å². The molecule has 4 nitrogen and oxygen atoms in total. The maximum absolute atomic E-state index is 10.8. The Morgan fingerprint density at radius 1 is 1.67 bits per heavy atom. The summed E-state index contributed by atoms with van der Waals surface area (Å²) in [6.07, 6.45) is 0.568. The molecule has 1 aliphatic carbocycles. The van der Waals surface area contributed by atoms with Gasteiger partial charge in [-0.3, -0.25) is 4.79 Å². The van der Waals surface area contributed by atoms with Crippen LogP contribution in [0.3, 0.4) is 0 Å². The molecule has 0 saturated heterocycles.